The lowest BCUT2D eigenvalue weighted by molar-refractivity contribution is -0.153. The first kappa shape index (κ1) is 63.2. The van der Waals surface area contributed by atoms with Crippen molar-refractivity contribution >= 4 is 118 Å². The number of aromatic hydroxyl groups is 2. The van der Waals surface area contributed by atoms with Crippen LogP contribution in [0, 0.1) is 0 Å². The average molecular weight is 1290 g/mol. The van der Waals surface area contributed by atoms with E-state index in [4.69, 9.17) is 0 Å². The van der Waals surface area contributed by atoms with Crippen molar-refractivity contribution in [3.8, 4) is 11.5 Å². The molecule has 38 heteroatoms. The molecule has 464 valence electrons. The summed E-state index contributed by atoms with van der Waals surface area (Å²) in [4.78, 5) is 160. The molecule has 0 bridgehead atoms. The number of rotatable bonds is 18. The summed E-state index contributed by atoms with van der Waals surface area (Å²) >= 11 is 4.97. The maximum Gasteiger partial charge on any atom is 0.352 e. The molecule has 0 spiro atoms. The number of carboxylic acid groups (broad SMARTS) is 2. The van der Waals surface area contributed by atoms with Crippen molar-refractivity contribution < 1.29 is 78.0 Å². The van der Waals surface area contributed by atoms with Gasteiger partial charge in [0.2, 0.25) is 22.1 Å². The number of phenols is 2. The highest BCUT2D eigenvalue weighted by Crippen LogP contribution is 2.43. The lowest BCUT2D eigenvalue weighted by atomic mass is 10.0. The van der Waals surface area contributed by atoms with Crippen LogP contribution >= 0.6 is 47.0 Å². The number of carboxylic acids is 2. The molecule has 4 aromatic rings. The van der Waals surface area contributed by atoms with E-state index in [1.54, 1.807) is 27.9 Å². The number of hydrogen-bond donors (Lipinski definition) is 8. The molecule has 12 amide bonds. The predicted molar refractivity (Wildman–Crippen MR) is 305 cm³/mol. The largest absolute Gasteiger partial charge is 0.508 e. The van der Waals surface area contributed by atoms with E-state index >= 15 is 0 Å². The van der Waals surface area contributed by atoms with Crippen LogP contribution in [0.5, 0.6) is 11.5 Å². The molecule has 2 aromatic carbocycles. The fourth-order valence-electron chi connectivity index (χ4n) is 9.73. The molecular formula is C50H54N18O16S4. The number of piperazine rings is 2. The summed E-state index contributed by atoms with van der Waals surface area (Å²) in [5.74, 6) is -8.52. The zero-order chi connectivity index (χ0) is 63.4. The summed E-state index contributed by atoms with van der Waals surface area (Å²) in [6, 6.07) is 3.68. The van der Waals surface area contributed by atoms with Crippen LogP contribution in [0.4, 0.5) is 9.59 Å². The van der Waals surface area contributed by atoms with E-state index < -0.39 is 106 Å². The van der Waals surface area contributed by atoms with E-state index in [2.05, 4.69) is 52.3 Å². The monoisotopic (exact) mass is 1290 g/mol. The topological polar surface area (TPSA) is 441 Å². The fourth-order valence-corrected chi connectivity index (χ4v) is 14.4. The van der Waals surface area contributed by atoms with Gasteiger partial charge in [0.1, 0.15) is 57.8 Å². The molecule has 4 fully saturated rings. The Kier molecular flexibility index (Phi) is 19.2. The van der Waals surface area contributed by atoms with Crippen LogP contribution in [0.25, 0.3) is 0 Å². The van der Waals surface area contributed by atoms with E-state index in [1.165, 1.54) is 115 Å². The van der Waals surface area contributed by atoms with Crippen molar-refractivity contribution in [2.24, 2.45) is 14.1 Å². The van der Waals surface area contributed by atoms with Crippen LogP contribution in [0.2, 0.25) is 0 Å². The number of thioether (sulfide) groups is 4. The minimum atomic E-state index is -1.42. The third-order valence-electron chi connectivity index (χ3n) is 14.4. The van der Waals surface area contributed by atoms with Crippen molar-refractivity contribution in [2.75, 3.05) is 62.3 Å². The zero-order valence-corrected chi connectivity index (χ0v) is 50.0. The Labute approximate surface area is 514 Å². The number of tetrazole rings is 2. The lowest BCUT2D eigenvalue weighted by Gasteiger charge is -2.49. The normalized spacial score (nSPS) is 20.7. The van der Waals surface area contributed by atoms with Crippen LogP contribution in [0.3, 0.4) is 0 Å². The van der Waals surface area contributed by atoms with Crippen molar-refractivity contribution in [3.63, 3.8) is 0 Å². The maximum absolute atomic E-state index is 13.6. The fraction of sp³-hybridized carbons (Fsp3) is 0.400. The third-order valence-corrected chi connectivity index (χ3v) is 19.3. The van der Waals surface area contributed by atoms with E-state index in [0.29, 0.717) is 44.3 Å². The Morgan fingerprint density at radius 1 is 0.568 bits per heavy atom. The second-order valence-corrected chi connectivity index (χ2v) is 23.8. The van der Waals surface area contributed by atoms with Gasteiger partial charge in [-0.2, -0.15) is 0 Å². The van der Waals surface area contributed by atoms with E-state index in [-0.39, 0.29) is 83.2 Å². The van der Waals surface area contributed by atoms with E-state index in [1.807, 2.05) is 0 Å². The predicted octanol–water partition coefficient (Wildman–Crippen LogP) is -2.22. The summed E-state index contributed by atoms with van der Waals surface area (Å²) in [6.45, 7) is 4.09. The van der Waals surface area contributed by atoms with Gasteiger partial charge in [-0.1, -0.05) is 47.8 Å². The van der Waals surface area contributed by atoms with Gasteiger partial charge in [0.25, 0.3) is 11.8 Å². The standard InChI is InChI=1S/2C25H27N9O8S2/c2*1-3-32-8-9-33(21(39)20(32)38)24(42)27-15(12-4-6-14(35)7-5-12)18(36)26-16-19(37)34-17(23(40)41)13(10-43-22(16)34)11-44-25-28-29-30-31(25)2/h2*4-7,15-16,22,35H,3,8-11H2,1-2H3,(H,26,36)(H,27,42)(H,40,41)/t2*15-,16-,22-/m11/s1. The number of carbonyl (C=O) groups excluding carboxylic acids is 10. The van der Waals surface area contributed by atoms with Crippen LogP contribution in [0.1, 0.15) is 37.1 Å². The summed E-state index contributed by atoms with van der Waals surface area (Å²) in [7, 11) is 3.29. The number of fused-ring (bicyclic) bond motifs is 2. The van der Waals surface area contributed by atoms with Crippen molar-refractivity contribution in [1.82, 2.24) is 91.1 Å². The number of likely N-dealkylation sites (N-methyl/N-ethyl adjacent to an activating group) is 2. The number of β-lactam (4-membered cyclic amide) rings is 2. The number of nitrogens with one attached hydrogen (secondary N) is 4. The van der Waals surface area contributed by atoms with Gasteiger partial charge in [-0.3, -0.25) is 58.0 Å². The van der Waals surface area contributed by atoms with E-state index in [9.17, 15) is 78.0 Å². The first-order valence-corrected chi connectivity index (χ1v) is 30.6. The van der Waals surface area contributed by atoms with Gasteiger partial charge in [0.15, 0.2) is 0 Å². The second kappa shape index (κ2) is 26.8. The minimum absolute atomic E-state index is 0.0823. The molecule has 4 saturated heterocycles. The number of nitrogens with zero attached hydrogens (tertiary/aromatic N) is 14. The quantitative estimate of drug-likeness (QED) is 0.0297. The van der Waals surface area contributed by atoms with Gasteiger partial charge < -0.3 is 51.5 Å². The molecule has 0 saturated carbocycles. The first-order chi connectivity index (χ1) is 42.0. The SMILES string of the molecule is CCN1CCN(C(=O)N[C@@H](C(=O)N[C@@H]2C(=O)N3C(C(=O)O)=C(CSc4nnnn4C)CS[C@H]23)c2ccc(O)cc2)C(=O)C1=O.CCN1CCN(C(=O)N[C@@H](C(=O)N[C@@H]2C(=O)N3C(C(=O)O)=C(CSc4nnnn4C)CS[C@H]23)c2ccc(O)cc2)C(=O)C1=O. The Balaban J connectivity index is 0.000000209. The summed E-state index contributed by atoms with van der Waals surface area (Å²) in [6.07, 6.45) is 0. The second-order valence-electron chi connectivity index (χ2n) is 19.7. The molecule has 0 radical (unpaired) electrons. The van der Waals surface area contributed by atoms with E-state index in [0.717, 1.165) is 9.80 Å². The van der Waals surface area contributed by atoms with Gasteiger partial charge in [0, 0.05) is 76.4 Å². The summed E-state index contributed by atoms with van der Waals surface area (Å²) < 4.78 is 2.87. The molecule has 6 aliphatic rings. The van der Waals surface area contributed by atoms with Crippen molar-refractivity contribution in [2.45, 2.75) is 59.1 Å². The zero-order valence-electron chi connectivity index (χ0n) is 46.7. The summed E-state index contributed by atoms with van der Waals surface area (Å²) in [5, 5.41) is 71.3. The molecule has 6 atom stereocenters. The van der Waals surface area contributed by atoms with Crippen LogP contribution in [-0.4, -0.2) is 247 Å². The number of aliphatic carboxylic acids is 2. The van der Waals surface area contributed by atoms with Crippen LogP contribution < -0.4 is 21.3 Å². The van der Waals surface area contributed by atoms with Gasteiger partial charge in [-0.25, -0.2) is 28.5 Å². The number of aryl methyl sites for hydroxylation is 2. The van der Waals surface area contributed by atoms with Gasteiger partial charge in [-0.15, -0.1) is 33.7 Å². The number of carbonyl (C=O) groups is 12. The molecule has 2 aromatic heterocycles. The number of aromatic nitrogens is 8. The molecule has 34 nitrogen and oxygen atoms in total. The van der Waals surface area contributed by atoms with Crippen molar-refractivity contribution in [3.05, 3.63) is 82.2 Å². The number of hydrogen-bond acceptors (Lipinski definition) is 24. The number of benzene rings is 2. The molecule has 88 heavy (non-hydrogen) atoms. The average Bonchev–Trinajstić information content (AvgIpc) is 0.825. The number of amides is 12. The highest BCUT2D eigenvalue weighted by molar-refractivity contribution is 8.01. The Hall–Kier alpha value is -9.30. The number of imide groups is 2. The van der Waals surface area contributed by atoms with Crippen molar-refractivity contribution in [1.29, 1.82) is 0 Å². The highest BCUT2D eigenvalue weighted by Gasteiger charge is 2.56. The summed E-state index contributed by atoms with van der Waals surface area (Å²) in [5.41, 5.74) is 1.07. The smallest absolute Gasteiger partial charge is 0.352 e. The Morgan fingerprint density at radius 3 is 1.25 bits per heavy atom. The molecular weight excluding hydrogens is 1240 g/mol. The molecule has 8 N–H and O–H groups in total. The molecule has 8 heterocycles. The van der Waals surface area contributed by atoms with Gasteiger partial charge in [-0.05, 0) is 81.2 Å². The lowest BCUT2D eigenvalue weighted by Crippen LogP contribution is -2.71. The minimum Gasteiger partial charge on any atom is -0.508 e. The third kappa shape index (κ3) is 12.9. The number of urea groups is 2. The Bertz CT molecular complexity index is 3350. The molecule has 6 aliphatic heterocycles. The Morgan fingerprint density at radius 2 is 0.932 bits per heavy atom. The van der Waals surface area contributed by atoms with Crippen LogP contribution in [0.15, 0.2) is 81.4 Å². The van der Waals surface area contributed by atoms with Gasteiger partial charge in [0.05, 0.1) is 0 Å². The van der Waals surface area contributed by atoms with Crippen LogP contribution in [-0.2, 0) is 62.0 Å². The maximum atomic E-state index is 13.6. The molecule has 0 aliphatic carbocycles. The first-order valence-electron chi connectivity index (χ1n) is 26.5. The number of phenolic OH excluding ortho intramolecular Hbond substituents is 2. The van der Waals surface area contributed by atoms with Gasteiger partial charge >= 0.3 is 47.6 Å². The highest BCUT2D eigenvalue weighted by atomic mass is 32.2. The molecule has 10 rings (SSSR count). The molecule has 0 unspecified atom stereocenters.